The molecule has 10 heteroatoms. The molecule has 0 spiro atoms. The summed E-state index contributed by atoms with van der Waals surface area (Å²) in [6.07, 6.45) is -2.11. The van der Waals surface area contributed by atoms with E-state index in [9.17, 15) is 22.8 Å². The summed E-state index contributed by atoms with van der Waals surface area (Å²) in [5.41, 5.74) is -0.259. The number of hydrogen-bond donors (Lipinski definition) is 1. The van der Waals surface area contributed by atoms with Gasteiger partial charge in [0.2, 0.25) is 5.91 Å². The van der Waals surface area contributed by atoms with Crippen molar-refractivity contribution in [3.8, 4) is 5.75 Å². The number of amides is 2. The first-order chi connectivity index (χ1) is 15.8. The zero-order valence-corrected chi connectivity index (χ0v) is 18.1. The third-order valence-electron chi connectivity index (χ3n) is 5.88. The van der Waals surface area contributed by atoms with E-state index in [-0.39, 0.29) is 24.3 Å². The number of piperidine rings is 1. The number of hydrogen-bond acceptors (Lipinski definition) is 6. The van der Waals surface area contributed by atoms with Gasteiger partial charge in [0.15, 0.2) is 0 Å². The van der Waals surface area contributed by atoms with Crippen molar-refractivity contribution in [3.63, 3.8) is 0 Å². The van der Waals surface area contributed by atoms with Crippen LogP contribution in [0.4, 0.5) is 24.7 Å². The van der Waals surface area contributed by atoms with Crippen molar-refractivity contribution in [2.24, 2.45) is 0 Å². The number of halogens is 3. The van der Waals surface area contributed by atoms with Crippen LogP contribution in [-0.4, -0.2) is 48.6 Å². The molecule has 0 bridgehead atoms. The number of ether oxygens (including phenoxy) is 1. The fraction of sp³-hybridized carbons (Fsp3) is 0.435. The first-order valence-corrected chi connectivity index (χ1v) is 10.9. The number of alkyl halides is 3. The second-order valence-electron chi connectivity index (χ2n) is 8.08. The van der Waals surface area contributed by atoms with Crippen LogP contribution in [0, 0.1) is 0 Å². The molecule has 0 radical (unpaired) electrons. The SMILES string of the molecule is CCOc1ccc(N2C(=O)C[C@@H](NC3CCN(c4ccc(C(F)(F)F)cn4)CC3)C2=O)cc1. The number of rotatable bonds is 6. The molecule has 3 heterocycles. The van der Waals surface area contributed by atoms with Crippen LogP contribution >= 0.6 is 0 Å². The number of nitrogens with one attached hydrogen (secondary N) is 1. The van der Waals surface area contributed by atoms with E-state index in [1.54, 1.807) is 24.3 Å². The Hall–Kier alpha value is -3.14. The second kappa shape index (κ2) is 9.38. The van der Waals surface area contributed by atoms with Crippen LogP contribution < -0.4 is 19.9 Å². The van der Waals surface area contributed by atoms with Gasteiger partial charge in [0, 0.05) is 25.3 Å². The Kier molecular flexibility index (Phi) is 6.55. The minimum atomic E-state index is -4.41. The maximum Gasteiger partial charge on any atom is 0.417 e. The lowest BCUT2D eigenvalue weighted by Crippen LogP contribution is -2.49. The van der Waals surface area contributed by atoms with Crippen molar-refractivity contribution in [2.75, 3.05) is 29.5 Å². The summed E-state index contributed by atoms with van der Waals surface area (Å²) in [4.78, 5) is 32.5. The van der Waals surface area contributed by atoms with E-state index in [2.05, 4.69) is 10.3 Å². The lowest BCUT2D eigenvalue weighted by molar-refractivity contribution is -0.137. The van der Waals surface area contributed by atoms with Gasteiger partial charge in [-0.25, -0.2) is 9.88 Å². The average molecular weight is 462 g/mol. The van der Waals surface area contributed by atoms with Crippen molar-refractivity contribution in [1.29, 1.82) is 0 Å². The maximum absolute atomic E-state index is 12.9. The number of benzene rings is 1. The summed E-state index contributed by atoms with van der Waals surface area (Å²) in [7, 11) is 0. The maximum atomic E-state index is 12.9. The van der Waals surface area contributed by atoms with Crippen LogP contribution in [0.1, 0.15) is 31.7 Å². The summed E-state index contributed by atoms with van der Waals surface area (Å²) in [6.45, 7) is 3.59. The molecule has 7 nitrogen and oxygen atoms in total. The molecule has 2 fully saturated rings. The van der Waals surface area contributed by atoms with Gasteiger partial charge >= 0.3 is 6.18 Å². The van der Waals surface area contributed by atoms with E-state index in [1.807, 2.05) is 11.8 Å². The standard InChI is InChI=1S/C23H25F3N4O3/c1-2-33-18-6-4-17(5-7-18)30-21(31)13-19(22(30)32)28-16-9-11-29(12-10-16)20-8-3-15(14-27-20)23(24,25)26/h3-8,14,16,19,28H,2,9-13H2,1H3/t19-/m1/s1. The number of carbonyl (C=O) groups excluding carboxylic acids is 2. The predicted molar refractivity (Wildman–Crippen MR) is 116 cm³/mol. The molecule has 33 heavy (non-hydrogen) atoms. The normalized spacial score (nSPS) is 19.9. The molecule has 1 aromatic carbocycles. The van der Waals surface area contributed by atoms with Crippen molar-refractivity contribution in [3.05, 3.63) is 48.2 Å². The van der Waals surface area contributed by atoms with Crippen LogP contribution in [-0.2, 0) is 15.8 Å². The molecular formula is C23H25F3N4O3. The second-order valence-corrected chi connectivity index (χ2v) is 8.08. The van der Waals surface area contributed by atoms with E-state index in [0.29, 0.717) is 49.8 Å². The molecule has 2 aliphatic heterocycles. The van der Waals surface area contributed by atoms with E-state index in [1.165, 1.54) is 11.0 Å². The molecule has 4 rings (SSSR count). The lowest BCUT2D eigenvalue weighted by Gasteiger charge is -2.34. The van der Waals surface area contributed by atoms with Crippen LogP contribution in [0.25, 0.3) is 0 Å². The molecule has 176 valence electrons. The van der Waals surface area contributed by atoms with E-state index in [4.69, 9.17) is 4.74 Å². The summed E-state index contributed by atoms with van der Waals surface area (Å²) in [5.74, 6) is 0.628. The van der Waals surface area contributed by atoms with E-state index < -0.39 is 17.8 Å². The van der Waals surface area contributed by atoms with Gasteiger partial charge in [-0.15, -0.1) is 0 Å². The van der Waals surface area contributed by atoms with Gasteiger partial charge in [0.25, 0.3) is 5.91 Å². The smallest absolute Gasteiger partial charge is 0.417 e. The third kappa shape index (κ3) is 5.11. The number of carbonyl (C=O) groups is 2. The Balaban J connectivity index is 1.32. The van der Waals surface area contributed by atoms with Gasteiger partial charge in [-0.05, 0) is 56.2 Å². The number of nitrogens with zero attached hydrogens (tertiary/aromatic N) is 3. The van der Waals surface area contributed by atoms with Gasteiger partial charge in [-0.3, -0.25) is 9.59 Å². The van der Waals surface area contributed by atoms with Crippen molar-refractivity contribution in [1.82, 2.24) is 10.3 Å². The largest absolute Gasteiger partial charge is 0.494 e. The highest BCUT2D eigenvalue weighted by molar-refractivity contribution is 6.22. The Bertz CT molecular complexity index is 988. The predicted octanol–water partition coefficient (Wildman–Crippen LogP) is 3.39. The summed E-state index contributed by atoms with van der Waals surface area (Å²) >= 11 is 0. The van der Waals surface area contributed by atoms with Crippen molar-refractivity contribution in [2.45, 2.75) is 44.4 Å². The van der Waals surface area contributed by atoms with Gasteiger partial charge in [-0.1, -0.05) is 0 Å². The summed E-state index contributed by atoms with van der Waals surface area (Å²) in [5, 5.41) is 3.30. The Morgan fingerprint density at radius 3 is 2.36 bits per heavy atom. The highest BCUT2D eigenvalue weighted by Crippen LogP contribution is 2.30. The van der Waals surface area contributed by atoms with Gasteiger partial charge in [0.1, 0.15) is 11.6 Å². The Morgan fingerprint density at radius 1 is 1.09 bits per heavy atom. The molecule has 1 aromatic heterocycles. The van der Waals surface area contributed by atoms with Gasteiger partial charge in [0.05, 0.1) is 30.3 Å². The van der Waals surface area contributed by atoms with Crippen molar-refractivity contribution >= 4 is 23.3 Å². The number of imide groups is 1. The Morgan fingerprint density at radius 2 is 1.79 bits per heavy atom. The number of pyridine rings is 1. The minimum Gasteiger partial charge on any atom is -0.494 e. The monoisotopic (exact) mass is 462 g/mol. The first-order valence-electron chi connectivity index (χ1n) is 10.9. The highest BCUT2D eigenvalue weighted by atomic mass is 19.4. The number of anilines is 2. The van der Waals surface area contributed by atoms with Gasteiger partial charge < -0.3 is 15.0 Å². The Labute approximate surface area is 189 Å². The molecule has 0 saturated carbocycles. The zero-order valence-electron chi connectivity index (χ0n) is 18.1. The topological polar surface area (TPSA) is 74.8 Å². The highest BCUT2D eigenvalue weighted by Gasteiger charge is 2.40. The van der Waals surface area contributed by atoms with Crippen molar-refractivity contribution < 1.29 is 27.5 Å². The van der Waals surface area contributed by atoms with E-state index in [0.717, 1.165) is 12.3 Å². The third-order valence-corrected chi connectivity index (χ3v) is 5.88. The molecule has 2 aliphatic rings. The molecule has 2 saturated heterocycles. The van der Waals surface area contributed by atoms with Crippen LogP contribution in [0.3, 0.4) is 0 Å². The number of aromatic nitrogens is 1. The fourth-order valence-electron chi connectivity index (χ4n) is 4.19. The molecule has 1 atom stereocenters. The molecule has 1 N–H and O–H groups in total. The molecule has 0 aliphatic carbocycles. The minimum absolute atomic E-state index is 0.0257. The average Bonchev–Trinajstić information content (AvgIpc) is 3.07. The quantitative estimate of drug-likeness (QED) is 0.664. The summed E-state index contributed by atoms with van der Waals surface area (Å²) < 4.78 is 43.6. The molecular weight excluding hydrogens is 437 g/mol. The van der Waals surface area contributed by atoms with Gasteiger partial charge in [-0.2, -0.15) is 13.2 Å². The zero-order chi connectivity index (χ0) is 23.6. The lowest BCUT2D eigenvalue weighted by atomic mass is 10.0. The van der Waals surface area contributed by atoms with Crippen LogP contribution in [0.2, 0.25) is 0 Å². The fourth-order valence-corrected chi connectivity index (χ4v) is 4.19. The van der Waals surface area contributed by atoms with Crippen LogP contribution in [0.5, 0.6) is 5.75 Å². The molecule has 2 amide bonds. The molecule has 2 aromatic rings. The van der Waals surface area contributed by atoms with Crippen LogP contribution in [0.15, 0.2) is 42.6 Å². The first kappa shape index (κ1) is 23.0. The van der Waals surface area contributed by atoms with E-state index >= 15 is 0 Å². The summed E-state index contributed by atoms with van der Waals surface area (Å²) in [6, 6.07) is 8.69. The molecule has 0 unspecified atom stereocenters.